The van der Waals surface area contributed by atoms with E-state index in [1.807, 2.05) is 17.4 Å². The maximum Gasteiger partial charge on any atom is 0.263 e. The second-order valence-corrected chi connectivity index (χ2v) is 9.34. The summed E-state index contributed by atoms with van der Waals surface area (Å²) in [6.45, 7) is 6.22. The molecule has 6 nitrogen and oxygen atoms in total. The van der Waals surface area contributed by atoms with Gasteiger partial charge >= 0.3 is 0 Å². The van der Waals surface area contributed by atoms with Crippen molar-refractivity contribution in [1.82, 2.24) is 5.32 Å². The minimum atomic E-state index is -1.93. The maximum atomic E-state index is 14.1. The largest absolute Gasteiger partial charge is 0.491 e. The first kappa shape index (κ1) is 27.6. The van der Waals surface area contributed by atoms with Crippen molar-refractivity contribution in [3.63, 3.8) is 0 Å². The molecule has 0 heterocycles. The van der Waals surface area contributed by atoms with E-state index in [2.05, 4.69) is 36.1 Å². The van der Waals surface area contributed by atoms with Gasteiger partial charge in [0.05, 0.1) is 7.11 Å². The van der Waals surface area contributed by atoms with Gasteiger partial charge in [-0.05, 0) is 59.6 Å². The van der Waals surface area contributed by atoms with Gasteiger partial charge in [0, 0.05) is 16.9 Å². The predicted octanol–water partition coefficient (Wildman–Crippen LogP) is 5.93. The highest BCUT2D eigenvalue weighted by Crippen LogP contribution is 2.29. The Morgan fingerprint density at radius 3 is 1.70 bits per heavy atom. The van der Waals surface area contributed by atoms with Gasteiger partial charge in [0.1, 0.15) is 5.56 Å². The first-order valence-electron chi connectivity index (χ1n) is 10.9. The van der Waals surface area contributed by atoms with Crippen LogP contribution in [0.3, 0.4) is 0 Å². The summed E-state index contributed by atoms with van der Waals surface area (Å²) >= 11 is 4.95. The van der Waals surface area contributed by atoms with Crippen LogP contribution in [0.15, 0.2) is 48.5 Å². The number of amides is 2. The zero-order valence-electron chi connectivity index (χ0n) is 20.3. The minimum absolute atomic E-state index is 0.0404. The topological polar surface area (TPSA) is 79.5 Å². The van der Waals surface area contributed by atoms with Crippen LogP contribution < -0.4 is 20.7 Å². The first-order valence-corrected chi connectivity index (χ1v) is 11.3. The van der Waals surface area contributed by atoms with Crippen molar-refractivity contribution < 1.29 is 31.9 Å². The Balaban J connectivity index is 1.63. The van der Waals surface area contributed by atoms with Crippen molar-refractivity contribution >= 4 is 40.5 Å². The Hall–Kier alpha value is -3.99. The fourth-order valence-corrected chi connectivity index (χ4v) is 3.49. The molecule has 194 valence electrons. The lowest BCUT2D eigenvalue weighted by atomic mass is 9.87. The molecule has 0 fully saturated rings. The summed E-state index contributed by atoms with van der Waals surface area (Å²) in [5, 5.41) is 6.91. The van der Waals surface area contributed by atoms with Crippen molar-refractivity contribution in [1.29, 1.82) is 0 Å². The summed E-state index contributed by atoms with van der Waals surface area (Å²) in [5.74, 6) is -10.7. The van der Waals surface area contributed by atoms with E-state index in [-0.39, 0.29) is 11.3 Å². The van der Waals surface area contributed by atoms with E-state index in [0.29, 0.717) is 16.9 Å². The molecule has 3 aromatic rings. The van der Waals surface area contributed by atoms with Gasteiger partial charge in [-0.3, -0.25) is 14.9 Å². The van der Waals surface area contributed by atoms with Gasteiger partial charge in [-0.25, -0.2) is 8.78 Å². The van der Waals surface area contributed by atoms with E-state index in [1.165, 1.54) is 12.1 Å². The monoisotopic (exact) mass is 533 g/mol. The smallest absolute Gasteiger partial charge is 0.263 e. The Bertz CT molecular complexity index is 1330. The Morgan fingerprint density at radius 1 is 0.757 bits per heavy atom. The van der Waals surface area contributed by atoms with Gasteiger partial charge in [0.25, 0.3) is 11.8 Å². The fraction of sp³-hybridized carbons (Fsp3) is 0.192. The van der Waals surface area contributed by atoms with Crippen molar-refractivity contribution in [2.75, 3.05) is 17.7 Å². The number of hydrogen-bond donors (Lipinski definition) is 3. The number of hydrogen-bond acceptors (Lipinski definition) is 4. The number of ether oxygens (including phenoxy) is 1. The third kappa shape index (κ3) is 6.23. The molecule has 3 rings (SSSR count). The molecule has 37 heavy (non-hydrogen) atoms. The molecule has 0 bridgehead atoms. The fourth-order valence-electron chi connectivity index (χ4n) is 3.28. The number of anilines is 2. The van der Waals surface area contributed by atoms with Crippen LogP contribution in [0.2, 0.25) is 0 Å². The van der Waals surface area contributed by atoms with E-state index >= 15 is 0 Å². The number of carbonyl (C=O) groups is 2. The van der Waals surface area contributed by atoms with Crippen LogP contribution in [0.1, 0.15) is 47.1 Å². The van der Waals surface area contributed by atoms with Gasteiger partial charge in [-0.1, -0.05) is 32.9 Å². The normalized spacial score (nSPS) is 11.0. The van der Waals surface area contributed by atoms with E-state index < -0.39 is 45.6 Å². The maximum absolute atomic E-state index is 14.1. The molecule has 3 N–H and O–H groups in total. The molecule has 11 heteroatoms. The zero-order chi connectivity index (χ0) is 27.5. The summed E-state index contributed by atoms with van der Waals surface area (Å²) in [6, 6.07) is 13.4. The highest BCUT2D eigenvalue weighted by atomic mass is 32.1. The number of methoxy groups -OCH3 is 1. The first-order chi connectivity index (χ1) is 17.3. The van der Waals surface area contributed by atoms with Crippen LogP contribution in [0, 0.1) is 23.3 Å². The number of thiocarbonyl (C=S) groups is 1. The van der Waals surface area contributed by atoms with Crippen LogP contribution in [0.4, 0.5) is 28.9 Å². The standard InChI is InChI=1S/C26H23F4N3O3S/c1-26(2,3)14-7-5-13(6-8-14)23(34)31-15-9-11-16(12-10-15)32-25(37)33-24(35)17-18(27)20(29)22(36-4)21(30)19(17)28/h5-12H,1-4H3,(H,31,34)(H2,32,33,35,37). The lowest BCUT2D eigenvalue weighted by molar-refractivity contribution is 0.0965. The molecule has 0 aliphatic rings. The van der Waals surface area contributed by atoms with Crippen LogP contribution in [-0.2, 0) is 5.41 Å². The number of rotatable bonds is 5. The average Bonchev–Trinajstić information content (AvgIpc) is 2.84. The Morgan fingerprint density at radius 2 is 1.24 bits per heavy atom. The number of nitrogens with one attached hydrogen (secondary N) is 3. The lowest BCUT2D eigenvalue weighted by Gasteiger charge is -2.19. The van der Waals surface area contributed by atoms with E-state index in [9.17, 15) is 27.2 Å². The highest BCUT2D eigenvalue weighted by molar-refractivity contribution is 7.80. The number of benzene rings is 3. The Labute approximate surface area is 216 Å². The van der Waals surface area contributed by atoms with E-state index in [1.54, 1.807) is 24.3 Å². The number of carbonyl (C=O) groups excluding carboxylic acids is 2. The molecule has 0 aliphatic carbocycles. The molecule has 0 radical (unpaired) electrons. The van der Waals surface area contributed by atoms with Crippen LogP contribution in [0.5, 0.6) is 5.75 Å². The van der Waals surface area contributed by atoms with Gasteiger partial charge < -0.3 is 15.4 Å². The second-order valence-electron chi connectivity index (χ2n) is 8.93. The summed E-state index contributed by atoms with van der Waals surface area (Å²) in [4.78, 5) is 24.8. The van der Waals surface area contributed by atoms with Gasteiger partial charge in [-0.2, -0.15) is 8.78 Å². The third-order valence-corrected chi connectivity index (χ3v) is 5.50. The van der Waals surface area contributed by atoms with Crippen LogP contribution >= 0.6 is 12.2 Å². The van der Waals surface area contributed by atoms with Crippen molar-refractivity contribution in [2.24, 2.45) is 0 Å². The van der Waals surface area contributed by atoms with Crippen molar-refractivity contribution in [3.05, 3.63) is 88.5 Å². The summed E-state index contributed by atoms with van der Waals surface area (Å²) in [7, 11) is 0.820. The van der Waals surface area contributed by atoms with Crippen LogP contribution in [0.25, 0.3) is 0 Å². The molecule has 0 saturated carbocycles. The molecule has 0 saturated heterocycles. The summed E-state index contributed by atoms with van der Waals surface area (Å²) in [5.41, 5.74) is 0.861. The Kier molecular flexibility index (Phi) is 8.17. The van der Waals surface area contributed by atoms with Gasteiger partial charge in [-0.15, -0.1) is 0 Å². The molecule has 0 spiro atoms. The quantitative estimate of drug-likeness (QED) is 0.215. The zero-order valence-corrected chi connectivity index (χ0v) is 21.1. The highest BCUT2D eigenvalue weighted by Gasteiger charge is 2.30. The molecule has 0 unspecified atom stereocenters. The third-order valence-electron chi connectivity index (χ3n) is 5.30. The minimum Gasteiger partial charge on any atom is -0.491 e. The van der Waals surface area contributed by atoms with Gasteiger partial charge in [0.15, 0.2) is 22.5 Å². The molecule has 3 aromatic carbocycles. The molecular weight excluding hydrogens is 510 g/mol. The second kappa shape index (κ2) is 11.0. The molecule has 0 aromatic heterocycles. The average molecular weight is 534 g/mol. The van der Waals surface area contributed by atoms with E-state index in [0.717, 1.165) is 12.7 Å². The lowest BCUT2D eigenvalue weighted by Crippen LogP contribution is -2.35. The predicted molar refractivity (Wildman–Crippen MR) is 136 cm³/mol. The summed E-state index contributed by atoms with van der Waals surface area (Å²) < 4.78 is 60.3. The van der Waals surface area contributed by atoms with Crippen molar-refractivity contribution in [2.45, 2.75) is 26.2 Å². The number of halogens is 4. The molecular formula is C26H23F4N3O3S. The summed E-state index contributed by atoms with van der Waals surface area (Å²) in [6.07, 6.45) is 0. The molecule has 0 aliphatic heterocycles. The SMILES string of the molecule is COc1c(F)c(F)c(C(=O)NC(=S)Nc2ccc(NC(=O)c3ccc(C(C)(C)C)cc3)cc2)c(F)c1F. The molecule has 2 amide bonds. The van der Waals surface area contributed by atoms with Gasteiger partial charge in [0.2, 0.25) is 11.6 Å². The van der Waals surface area contributed by atoms with E-state index in [4.69, 9.17) is 12.2 Å². The molecule has 0 atom stereocenters. The van der Waals surface area contributed by atoms with Crippen LogP contribution in [-0.4, -0.2) is 24.0 Å². The van der Waals surface area contributed by atoms with Crippen molar-refractivity contribution in [3.8, 4) is 5.75 Å².